The van der Waals surface area contributed by atoms with Crippen LogP contribution in [-0.4, -0.2) is 81.2 Å². The molecule has 2 aliphatic heterocycles. The second kappa shape index (κ2) is 14.3. The molecule has 0 saturated carbocycles. The number of nitrogens with one attached hydrogen (secondary N) is 3. The van der Waals surface area contributed by atoms with E-state index in [4.69, 9.17) is 14.6 Å². The van der Waals surface area contributed by atoms with Gasteiger partial charge in [0.15, 0.2) is 0 Å². The quantitative estimate of drug-likeness (QED) is 0.341. The van der Waals surface area contributed by atoms with Crippen molar-refractivity contribution < 1.29 is 28.6 Å². The summed E-state index contributed by atoms with van der Waals surface area (Å²) in [5, 5.41) is 17.6. The van der Waals surface area contributed by atoms with Gasteiger partial charge < -0.3 is 35.4 Å². The molecule has 4 N–H and O–H groups in total. The summed E-state index contributed by atoms with van der Waals surface area (Å²) in [6.07, 6.45) is 3.04. The molecule has 2 heterocycles. The maximum absolute atomic E-state index is 14.1. The molecule has 2 fully saturated rings. The van der Waals surface area contributed by atoms with Crippen molar-refractivity contribution in [3.8, 4) is 0 Å². The van der Waals surface area contributed by atoms with Gasteiger partial charge in [-0.25, -0.2) is 14.0 Å². The van der Waals surface area contributed by atoms with Crippen molar-refractivity contribution in [1.82, 2.24) is 20.9 Å². The first-order valence-corrected chi connectivity index (χ1v) is 13.0. The van der Waals surface area contributed by atoms with Crippen LogP contribution < -0.4 is 16.0 Å². The highest BCUT2D eigenvalue weighted by Gasteiger charge is 2.33. The minimum Gasteiger partial charge on any atom is -0.465 e. The average molecular weight is 509 g/mol. The van der Waals surface area contributed by atoms with Gasteiger partial charge >= 0.3 is 12.1 Å². The number of ether oxygens (including phenoxy) is 2. The number of aryl methyl sites for hydroxylation is 1. The Morgan fingerprint density at radius 2 is 2.06 bits per heavy atom. The van der Waals surface area contributed by atoms with E-state index in [0.29, 0.717) is 25.6 Å². The first-order valence-electron chi connectivity index (χ1n) is 13.0. The zero-order chi connectivity index (χ0) is 25.9. The van der Waals surface area contributed by atoms with Crippen molar-refractivity contribution in [2.24, 2.45) is 11.8 Å². The Bertz CT molecular complexity index is 852. The number of carboxylic acid groups (broad SMARTS) is 1. The van der Waals surface area contributed by atoms with Gasteiger partial charge in [-0.15, -0.1) is 0 Å². The summed E-state index contributed by atoms with van der Waals surface area (Å²) in [4.78, 5) is 25.9. The van der Waals surface area contributed by atoms with Crippen LogP contribution >= 0.6 is 0 Å². The Hall–Kier alpha value is -2.43. The first kappa shape index (κ1) is 28.1. The molecule has 36 heavy (non-hydrogen) atoms. The van der Waals surface area contributed by atoms with Gasteiger partial charge in [0.05, 0.1) is 12.7 Å². The monoisotopic (exact) mass is 508 g/mol. The number of piperidine rings is 1. The molecule has 202 valence electrons. The van der Waals surface area contributed by atoms with Crippen LogP contribution in [0.25, 0.3) is 0 Å². The molecule has 0 radical (unpaired) electrons. The summed E-state index contributed by atoms with van der Waals surface area (Å²) in [7, 11) is 1.89. The number of nitrogens with zero attached hydrogens (tertiary/aromatic N) is 1. The van der Waals surface area contributed by atoms with Gasteiger partial charge in [0.1, 0.15) is 5.82 Å². The SMILES string of the molecule is CNCC(CC1CCOCC1)NC(=O)N1CCCC(C(OCCNC(=O)O)c2cc(F)ccc2C)C1. The number of urea groups is 1. The number of amides is 3. The maximum Gasteiger partial charge on any atom is 0.404 e. The van der Waals surface area contributed by atoms with Gasteiger partial charge in [-0.05, 0) is 75.3 Å². The van der Waals surface area contributed by atoms with E-state index in [0.717, 1.165) is 56.4 Å². The number of carbonyl (C=O) groups excluding carboxylic acids is 1. The molecule has 1 aromatic carbocycles. The predicted octanol–water partition coefficient (Wildman–Crippen LogP) is 3.29. The smallest absolute Gasteiger partial charge is 0.404 e. The molecule has 9 nitrogen and oxygen atoms in total. The molecule has 2 aliphatic rings. The molecule has 0 aromatic heterocycles. The van der Waals surface area contributed by atoms with Gasteiger partial charge in [0.25, 0.3) is 0 Å². The van der Waals surface area contributed by atoms with E-state index in [1.807, 2.05) is 18.9 Å². The van der Waals surface area contributed by atoms with Gasteiger partial charge in [0.2, 0.25) is 0 Å². The number of carbonyl (C=O) groups is 2. The molecule has 3 atom stereocenters. The van der Waals surface area contributed by atoms with E-state index in [2.05, 4.69) is 16.0 Å². The summed E-state index contributed by atoms with van der Waals surface area (Å²) in [5.41, 5.74) is 1.64. The fourth-order valence-corrected chi connectivity index (χ4v) is 5.27. The summed E-state index contributed by atoms with van der Waals surface area (Å²) in [6, 6.07) is 4.58. The lowest BCUT2D eigenvalue weighted by Crippen LogP contribution is -2.52. The summed E-state index contributed by atoms with van der Waals surface area (Å²) < 4.78 is 25.7. The Kier molecular flexibility index (Phi) is 11.2. The second-order valence-electron chi connectivity index (χ2n) is 9.87. The number of rotatable bonds is 11. The molecule has 3 unspecified atom stereocenters. The number of benzene rings is 1. The van der Waals surface area contributed by atoms with E-state index >= 15 is 0 Å². The highest BCUT2D eigenvalue weighted by molar-refractivity contribution is 5.74. The second-order valence-corrected chi connectivity index (χ2v) is 9.87. The number of likely N-dealkylation sites (N-methyl/N-ethyl adjacent to an activating group) is 1. The van der Waals surface area contributed by atoms with Crippen molar-refractivity contribution in [2.45, 2.75) is 51.2 Å². The third kappa shape index (κ3) is 8.60. The lowest BCUT2D eigenvalue weighted by molar-refractivity contribution is -0.00905. The molecule has 0 bridgehead atoms. The number of halogens is 1. The molecule has 0 spiro atoms. The third-order valence-electron chi connectivity index (χ3n) is 7.13. The predicted molar refractivity (Wildman–Crippen MR) is 135 cm³/mol. The van der Waals surface area contributed by atoms with Crippen LogP contribution in [0.4, 0.5) is 14.0 Å². The van der Waals surface area contributed by atoms with Crippen LogP contribution in [0.15, 0.2) is 18.2 Å². The Morgan fingerprint density at radius 3 is 2.78 bits per heavy atom. The summed E-state index contributed by atoms with van der Waals surface area (Å²) >= 11 is 0. The van der Waals surface area contributed by atoms with Crippen LogP contribution in [0, 0.1) is 24.6 Å². The third-order valence-corrected chi connectivity index (χ3v) is 7.13. The fraction of sp³-hybridized carbons (Fsp3) is 0.692. The van der Waals surface area contributed by atoms with E-state index < -0.39 is 12.2 Å². The van der Waals surface area contributed by atoms with Crippen molar-refractivity contribution in [1.29, 1.82) is 0 Å². The van der Waals surface area contributed by atoms with Crippen molar-refractivity contribution in [2.75, 3.05) is 53.0 Å². The minimum atomic E-state index is -1.12. The van der Waals surface area contributed by atoms with Crippen LogP contribution in [0.5, 0.6) is 0 Å². The average Bonchev–Trinajstić information content (AvgIpc) is 2.86. The number of likely N-dealkylation sites (tertiary alicyclic amines) is 1. The Balaban J connectivity index is 1.66. The summed E-state index contributed by atoms with van der Waals surface area (Å²) in [6.45, 7) is 5.60. The highest BCUT2D eigenvalue weighted by Crippen LogP contribution is 2.35. The molecule has 10 heteroatoms. The normalized spacial score (nSPS) is 20.5. The van der Waals surface area contributed by atoms with Crippen LogP contribution in [0.1, 0.15) is 49.3 Å². The van der Waals surface area contributed by atoms with Gasteiger partial charge in [-0.3, -0.25) is 0 Å². The molecule has 0 aliphatic carbocycles. The van der Waals surface area contributed by atoms with Gasteiger partial charge in [0, 0.05) is 51.4 Å². The van der Waals surface area contributed by atoms with E-state index in [1.165, 1.54) is 12.1 Å². The van der Waals surface area contributed by atoms with Crippen LogP contribution in [-0.2, 0) is 9.47 Å². The Labute approximate surface area is 213 Å². The molecule has 3 amide bonds. The van der Waals surface area contributed by atoms with Gasteiger partial charge in [-0.2, -0.15) is 0 Å². The molecule has 1 aromatic rings. The molecule has 2 saturated heterocycles. The van der Waals surface area contributed by atoms with Crippen LogP contribution in [0.3, 0.4) is 0 Å². The lowest BCUT2D eigenvalue weighted by atomic mass is 9.86. The zero-order valence-electron chi connectivity index (χ0n) is 21.4. The van der Waals surface area contributed by atoms with Crippen LogP contribution in [0.2, 0.25) is 0 Å². The minimum absolute atomic E-state index is 0.0329. The van der Waals surface area contributed by atoms with E-state index in [9.17, 15) is 14.0 Å². The number of hydrogen-bond donors (Lipinski definition) is 4. The summed E-state index contributed by atoms with van der Waals surface area (Å²) in [5.74, 6) is 0.161. The fourth-order valence-electron chi connectivity index (χ4n) is 5.27. The zero-order valence-corrected chi connectivity index (χ0v) is 21.4. The Morgan fingerprint density at radius 1 is 1.28 bits per heavy atom. The van der Waals surface area contributed by atoms with Crippen molar-refractivity contribution >= 4 is 12.1 Å². The topological polar surface area (TPSA) is 112 Å². The first-order chi connectivity index (χ1) is 17.4. The standard InChI is InChI=1S/C26H41FN4O5/c1-18-5-6-21(27)15-23(18)24(36-13-9-29-26(33)34)20-4-3-10-31(17-20)25(32)30-22(16-28-2)14-19-7-11-35-12-8-19/h5-6,15,19-20,22,24,28-29H,3-4,7-14,16-17H2,1-2H3,(H,30,32)(H,33,34). The van der Waals surface area contributed by atoms with E-state index in [1.54, 1.807) is 6.07 Å². The van der Waals surface area contributed by atoms with Crippen molar-refractivity contribution in [3.63, 3.8) is 0 Å². The molecular formula is C26H41FN4O5. The number of hydrogen-bond acceptors (Lipinski definition) is 5. The highest BCUT2D eigenvalue weighted by atomic mass is 19.1. The molecule has 3 rings (SSSR count). The van der Waals surface area contributed by atoms with Gasteiger partial charge in [-0.1, -0.05) is 6.07 Å². The maximum atomic E-state index is 14.1. The lowest BCUT2D eigenvalue weighted by Gasteiger charge is -2.38. The van der Waals surface area contributed by atoms with Crippen molar-refractivity contribution in [3.05, 3.63) is 35.1 Å². The molecular weight excluding hydrogens is 467 g/mol. The largest absolute Gasteiger partial charge is 0.465 e. The van der Waals surface area contributed by atoms with E-state index in [-0.39, 0.29) is 37.0 Å².